The first-order valence-corrected chi connectivity index (χ1v) is 2.41. The fraction of sp³-hybridized carbons (Fsp3) is 0.667. The maximum absolute atomic E-state index is 9.44. The Labute approximate surface area is 66.5 Å². The van der Waals surface area contributed by atoms with Crippen LogP contribution in [0.25, 0.3) is 0 Å². The van der Waals surface area contributed by atoms with Crippen LogP contribution in [0.2, 0.25) is 0 Å². The molecule has 0 unspecified atom stereocenters. The zero-order chi connectivity index (χ0) is 7.15. The fourth-order valence-corrected chi connectivity index (χ4v) is 0. The summed E-state index contributed by atoms with van der Waals surface area (Å²) in [6, 6.07) is 0. The van der Waals surface area contributed by atoms with Crippen molar-refractivity contribution in [2.45, 2.75) is 27.7 Å². The van der Waals surface area contributed by atoms with Gasteiger partial charge >= 0.3 is 17.1 Å². The molecule has 3 heteroatoms. The molecule has 0 aliphatic carbocycles. The van der Waals surface area contributed by atoms with E-state index in [2.05, 4.69) is 0 Å². The Hall–Kier alpha value is -0.141. The van der Waals surface area contributed by atoms with E-state index >= 15 is 0 Å². The van der Waals surface area contributed by atoms with Crippen LogP contribution in [0.5, 0.6) is 0 Å². The molecule has 0 rings (SSSR count). The Kier molecular flexibility index (Phi) is 19.1. The Balaban J connectivity index is -0.0000000720. The molecule has 0 amide bonds. The van der Waals surface area contributed by atoms with Crippen LogP contribution in [-0.2, 0) is 26.7 Å². The van der Waals surface area contributed by atoms with E-state index < -0.39 is 0 Å². The van der Waals surface area contributed by atoms with Crippen LogP contribution in [-0.4, -0.2) is 11.6 Å². The van der Waals surface area contributed by atoms with E-state index in [0.29, 0.717) is 0 Å². The average molecular weight is 172 g/mol. The Morgan fingerprint density at radius 1 is 0.778 bits per heavy atom. The second-order valence-electron chi connectivity index (χ2n) is 1.82. The zero-order valence-electron chi connectivity index (χ0n) is 6.17. The van der Waals surface area contributed by atoms with Gasteiger partial charge in [0.25, 0.3) is 0 Å². The maximum Gasteiger partial charge on any atom is 3.00 e. The topological polar surface area (TPSA) is 34.1 Å². The number of Topliss-reactive ketones (excluding diaryl/α,β-unsaturated/α-hetero) is 2. The SMILES string of the molecule is CC(C)=O.CC(C)=O.[Fe+3]. The number of carbonyl (C=O) groups is 2. The first kappa shape index (κ1) is 15.9. The smallest absolute Gasteiger partial charge is 0.300 e. The van der Waals surface area contributed by atoms with Crippen molar-refractivity contribution >= 4 is 11.6 Å². The third-order valence-electron chi connectivity index (χ3n) is 0. The third-order valence-corrected chi connectivity index (χ3v) is 0. The molecule has 0 fully saturated rings. The molecule has 0 aliphatic rings. The molecule has 2 nitrogen and oxygen atoms in total. The van der Waals surface area contributed by atoms with Crippen molar-refractivity contribution in [1.82, 2.24) is 0 Å². The van der Waals surface area contributed by atoms with Crippen LogP contribution in [0.15, 0.2) is 0 Å². The van der Waals surface area contributed by atoms with Crippen molar-refractivity contribution in [1.29, 1.82) is 0 Å². The van der Waals surface area contributed by atoms with E-state index in [4.69, 9.17) is 0 Å². The molecule has 0 aromatic rings. The van der Waals surface area contributed by atoms with Gasteiger partial charge in [-0.05, 0) is 27.7 Å². The van der Waals surface area contributed by atoms with Gasteiger partial charge in [-0.2, -0.15) is 0 Å². The molecule has 0 aromatic heterocycles. The van der Waals surface area contributed by atoms with Gasteiger partial charge in [0.05, 0.1) is 0 Å². The Bertz CT molecular complexity index is 69.1. The van der Waals surface area contributed by atoms with Crippen molar-refractivity contribution in [3.8, 4) is 0 Å². The monoisotopic (exact) mass is 172 g/mol. The van der Waals surface area contributed by atoms with E-state index in [1.807, 2.05) is 0 Å². The summed E-state index contributed by atoms with van der Waals surface area (Å²) >= 11 is 0. The van der Waals surface area contributed by atoms with Crippen LogP contribution in [0.1, 0.15) is 27.7 Å². The molecule has 0 aliphatic heterocycles. The molecule has 0 atom stereocenters. The van der Waals surface area contributed by atoms with Crippen molar-refractivity contribution in [2.24, 2.45) is 0 Å². The van der Waals surface area contributed by atoms with E-state index in [1.54, 1.807) is 0 Å². The summed E-state index contributed by atoms with van der Waals surface area (Å²) in [5.74, 6) is 0.333. The van der Waals surface area contributed by atoms with Crippen LogP contribution >= 0.6 is 0 Å². The van der Waals surface area contributed by atoms with Crippen molar-refractivity contribution in [2.75, 3.05) is 0 Å². The largest absolute Gasteiger partial charge is 3.00 e. The maximum atomic E-state index is 9.44. The molecule has 0 saturated heterocycles. The Morgan fingerprint density at radius 3 is 0.778 bits per heavy atom. The second kappa shape index (κ2) is 10.8. The molecule has 0 spiro atoms. The summed E-state index contributed by atoms with van der Waals surface area (Å²) in [6.07, 6.45) is 0. The van der Waals surface area contributed by atoms with Gasteiger partial charge in [0.2, 0.25) is 0 Å². The molecular weight excluding hydrogens is 160 g/mol. The van der Waals surface area contributed by atoms with Crippen molar-refractivity contribution < 1.29 is 26.7 Å². The summed E-state index contributed by atoms with van der Waals surface area (Å²) in [5, 5.41) is 0. The molecule has 0 bridgehead atoms. The number of carbonyl (C=O) groups excluding carboxylic acids is 2. The summed E-state index contributed by atoms with van der Waals surface area (Å²) in [6.45, 7) is 6.11. The minimum atomic E-state index is 0. The van der Waals surface area contributed by atoms with E-state index in [9.17, 15) is 9.59 Å². The number of hydrogen-bond donors (Lipinski definition) is 0. The predicted molar refractivity (Wildman–Crippen MR) is 32.7 cm³/mol. The van der Waals surface area contributed by atoms with E-state index in [1.165, 1.54) is 27.7 Å². The quantitative estimate of drug-likeness (QED) is 0.514. The predicted octanol–water partition coefficient (Wildman–Crippen LogP) is 1.19. The number of rotatable bonds is 0. The molecule has 0 heterocycles. The van der Waals surface area contributed by atoms with E-state index in [-0.39, 0.29) is 28.6 Å². The van der Waals surface area contributed by atoms with Crippen LogP contribution < -0.4 is 0 Å². The van der Waals surface area contributed by atoms with Gasteiger partial charge in [0, 0.05) is 0 Å². The normalized spacial score (nSPS) is 5.78. The molecule has 9 heavy (non-hydrogen) atoms. The summed E-state index contributed by atoms with van der Waals surface area (Å²) in [7, 11) is 0. The van der Waals surface area contributed by atoms with Gasteiger partial charge in [-0.25, -0.2) is 0 Å². The second-order valence-corrected chi connectivity index (χ2v) is 1.82. The summed E-state index contributed by atoms with van der Waals surface area (Å²) in [5.41, 5.74) is 0. The molecule has 0 N–H and O–H groups in total. The van der Waals surface area contributed by atoms with Gasteiger partial charge < -0.3 is 9.59 Å². The molecular formula is C6H12FeO2+3. The molecule has 53 valence electrons. The number of hydrogen-bond acceptors (Lipinski definition) is 2. The first-order valence-electron chi connectivity index (χ1n) is 2.41. The standard InChI is InChI=1S/2C3H6O.Fe/c2*1-3(2)4;/h2*1-2H3;/q;;+3. The van der Waals surface area contributed by atoms with Gasteiger partial charge in [0.15, 0.2) is 0 Å². The minimum absolute atomic E-state index is 0. The fourth-order valence-electron chi connectivity index (χ4n) is 0. The van der Waals surface area contributed by atoms with Gasteiger partial charge in [-0.15, -0.1) is 0 Å². The average Bonchev–Trinajstić information content (AvgIpc) is 1.25. The molecule has 0 aromatic carbocycles. The zero-order valence-corrected chi connectivity index (χ0v) is 7.27. The van der Waals surface area contributed by atoms with Gasteiger partial charge in [-0.3, -0.25) is 0 Å². The Morgan fingerprint density at radius 2 is 0.778 bits per heavy atom. The van der Waals surface area contributed by atoms with Gasteiger partial charge in [-0.1, -0.05) is 0 Å². The van der Waals surface area contributed by atoms with Gasteiger partial charge in [0.1, 0.15) is 11.6 Å². The van der Waals surface area contributed by atoms with Crippen molar-refractivity contribution in [3.05, 3.63) is 0 Å². The molecule has 1 radical (unpaired) electrons. The van der Waals surface area contributed by atoms with Crippen LogP contribution in [0, 0.1) is 0 Å². The van der Waals surface area contributed by atoms with E-state index in [0.717, 1.165) is 0 Å². The van der Waals surface area contributed by atoms with Crippen LogP contribution in [0.4, 0.5) is 0 Å². The summed E-state index contributed by atoms with van der Waals surface area (Å²) in [4.78, 5) is 18.9. The number of ketones is 2. The summed E-state index contributed by atoms with van der Waals surface area (Å²) < 4.78 is 0. The molecule has 0 saturated carbocycles. The first-order chi connectivity index (χ1) is 3.46. The third kappa shape index (κ3) is 13700. The van der Waals surface area contributed by atoms with Crippen molar-refractivity contribution in [3.63, 3.8) is 0 Å². The minimum Gasteiger partial charge on any atom is -0.300 e. The van der Waals surface area contributed by atoms with Crippen LogP contribution in [0.3, 0.4) is 0 Å².